The third-order valence-corrected chi connectivity index (χ3v) is 4.48. The maximum Gasteiger partial charge on any atom is 0.247 e. The normalized spacial score (nSPS) is 14.7. The predicted molar refractivity (Wildman–Crippen MR) is 96.1 cm³/mol. The molecule has 1 saturated heterocycles. The molecule has 1 fully saturated rings. The van der Waals surface area contributed by atoms with Crippen LogP contribution in [0.25, 0.3) is 11.5 Å². The topological polar surface area (TPSA) is 79.5 Å². The average molecular weight is 356 g/mol. The summed E-state index contributed by atoms with van der Waals surface area (Å²) in [6.45, 7) is 6.15. The zero-order valence-corrected chi connectivity index (χ0v) is 15.2. The second kappa shape index (κ2) is 8.12. The van der Waals surface area contributed by atoms with Crippen LogP contribution in [0.3, 0.4) is 0 Å². The van der Waals surface area contributed by atoms with Gasteiger partial charge in [-0.15, -0.1) is 10.2 Å². The zero-order chi connectivity index (χ0) is 18.5. The van der Waals surface area contributed by atoms with Crippen molar-refractivity contribution in [1.82, 2.24) is 20.0 Å². The second-order valence-electron chi connectivity index (χ2n) is 6.73. The molecule has 2 amide bonds. The lowest BCUT2D eigenvalue weighted by atomic mass is 10.1. The fourth-order valence-electron chi connectivity index (χ4n) is 2.97. The van der Waals surface area contributed by atoms with E-state index in [1.165, 1.54) is 0 Å². The van der Waals surface area contributed by atoms with Crippen LogP contribution >= 0.6 is 0 Å². The molecule has 0 N–H and O–H groups in total. The highest BCUT2D eigenvalue weighted by Crippen LogP contribution is 2.18. The Balaban J connectivity index is 1.48. The number of hydrogen-bond donors (Lipinski definition) is 0. The van der Waals surface area contributed by atoms with Crippen LogP contribution in [0.15, 0.2) is 34.7 Å². The van der Waals surface area contributed by atoms with E-state index in [2.05, 4.69) is 10.2 Å². The van der Waals surface area contributed by atoms with Crippen molar-refractivity contribution < 1.29 is 14.0 Å². The number of amides is 2. The minimum Gasteiger partial charge on any atom is -0.421 e. The van der Waals surface area contributed by atoms with Crippen LogP contribution in [0.5, 0.6) is 0 Å². The number of carbonyl (C=O) groups is 2. The molecule has 2 heterocycles. The first-order valence-corrected chi connectivity index (χ1v) is 8.99. The summed E-state index contributed by atoms with van der Waals surface area (Å²) < 4.78 is 5.64. The summed E-state index contributed by atoms with van der Waals surface area (Å²) in [6.07, 6.45) is 0.748. The largest absolute Gasteiger partial charge is 0.421 e. The SMILES string of the molecule is CC(C)C(=O)N1CCN(C(=O)CCc2nnc(-c3ccccc3)o2)CC1. The summed E-state index contributed by atoms with van der Waals surface area (Å²) in [5.74, 6) is 1.13. The van der Waals surface area contributed by atoms with Crippen molar-refractivity contribution in [3.63, 3.8) is 0 Å². The van der Waals surface area contributed by atoms with Gasteiger partial charge < -0.3 is 14.2 Å². The van der Waals surface area contributed by atoms with Gasteiger partial charge in [-0.05, 0) is 12.1 Å². The van der Waals surface area contributed by atoms with Crippen molar-refractivity contribution in [2.75, 3.05) is 26.2 Å². The molecule has 7 heteroatoms. The summed E-state index contributed by atoms with van der Waals surface area (Å²) in [5.41, 5.74) is 0.864. The van der Waals surface area contributed by atoms with Crippen molar-refractivity contribution in [3.8, 4) is 11.5 Å². The Hall–Kier alpha value is -2.70. The Kier molecular flexibility index (Phi) is 5.65. The van der Waals surface area contributed by atoms with Crippen LogP contribution in [0.1, 0.15) is 26.2 Å². The van der Waals surface area contributed by atoms with E-state index in [4.69, 9.17) is 4.42 Å². The van der Waals surface area contributed by atoms with Crippen molar-refractivity contribution in [2.24, 2.45) is 5.92 Å². The number of benzene rings is 1. The van der Waals surface area contributed by atoms with Gasteiger partial charge >= 0.3 is 0 Å². The molecule has 0 saturated carbocycles. The quantitative estimate of drug-likeness (QED) is 0.819. The van der Waals surface area contributed by atoms with Gasteiger partial charge in [-0.1, -0.05) is 32.0 Å². The van der Waals surface area contributed by atoms with Crippen LogP contribution in [0.2, 0.25) is 0 Å². The fraction of sp³-hybridized carbons (Fsp3) is 0.474. The van der Waals surface area contributed by atoms with Gasteiger partial charge in [-0.2, -0.15) is 0 Å². The Bertz CT molecular complexity index is 749. The molecule has 3 rings (SSSR count). The lowest BCUT2D eigenvalue weighted by Crippen LogP contribution is -2.51. The predicted octanol–water partition coefficient (Wildman–Crippen LogP) is 2.00. The maximum absolute atomic E-state index is 12.4. The highest BCUT2D eigenvalue weighted by molar-refractivity contribution is 5.79. The number of rotatable bonds is 5. The molecule has 138 valence electrons. The molecule has 0 spiro atoms. The van der Waals surface area contributed by atoms with Crippen LogP contribution < -0.4 is 0 Å². The van der Waals surface area contributed by atoms with Crippen LogP contribution in [-0.2, 0) is 16.0 Å². The van der Waals surface area contributed by atoms with Gasteiger partial charge in [-0.3, -0.25) is 9.59 Å². The van der Waals surface area contributed by atoms with E-state index in [0.717, 1.165) is 5.56 Å². The second-order valence-corrected chi connectivity index (χ2v) is 6.73. The summed E-state index contributed by atoms with van der Waals surface area (Å²) in [7, 11) is 0. The van der Waals surface area contributed by atoms with E-state index in [9.17, 15) is 9.59 Å². The van der Waals surface area contributed by atoms with E-state index in [1.807, 2.05) is 49.1 Å². The first-order chi connectivity index (χ1) is 12.5. The van der Waals surface area contributed by atoms with Gasteiger partial charge in [0.2, 0.25) is 23.6 Å². The Morgan fingerprint density at radius 2 is 1.69 bits per heavy atom. The van der Waals surface area contributed by atoms with Gasteiger partial charge in [0.25, 0.3) is 0 Å². The van der Waals surface area contributed by atoms with E-state index < -0.39 is 0 Å². The van der Waals surface area contributed by atoms with Crippen LogP contribution in [0, 0.1) is 5.92 Å². The van der Waals surface area contributed by atoms with E-state index in [0.29, 0.717) is 50.8 Å². The van der Waals surface area contributed by atoms with Crippen molar-refractivity contribution in [1.29, 1.82) is 0 Å². The third kappa shape index (κ3) is 4.28. The third-order valence-electron chi connectivity index (χ3n) is 4.48. The molecule has 1 aromatic heterocycles. The first kappa shape index (κ1) is 18.1. The molecule has 1 aliphatic heterocycles. The van der Waals surface area contributed by atoms with E-state index in [1.54, 1.807) is 4.90 Å². The van der Waals surface area contributed by atoms with Gasteiger partial charge in [0, 0.05) is 50.5 Å². The number of aromatic nitrogens is 2. The molecule has 26 heavy (non-hydrogen) atoms. The fourth-order valence-corrected chi connectivity index (χ4v) is 2.97. The number of nitrogens with zero attached hydrogens (tertiary/aromatic N) is 4. The van der Waals surface area contributed by atoms with Crippen molar-refractivity contribution in [3.05, 3.63) is 36.2 Å². The lowest BCUT2D eigenvalue weighted by molar-refractivity contribution is -0.141. The minimum atomic E-state index is -0.00594. The molecular weight excluding hydrogens is 332 g/mol. The molecule has 0 atom stereocenters. The van der Waals surface area contributed by atoms with Gasteiger partial charge in [0.1, 0.15) is 0 Å². The summed E-state index contributed by atoms with van der Waals surface area (Å²) in [4.78, 5) is 28.0. The number of carbonyl (C=O) groups excluding carboxylic acids is 2. The Labute approximate surface area is 153 Å². The van der Waals surface area contributed by atoms with Gasteiger partial charge in [0.15, 0.2) is 0 Å². The minimum absolute atomic E-state index is 0.00594. The number of hydrogen-bond acceptors (Lipinski definition) is 5. The van der Waals surface area contributed by atoms with Crippen LogP contribution in [0.4, 0.5) is 0 Å². The monoisotopic (exact) mass is 356 g/mol. The van der Waals surface area contributed by atoms with Crippen molar-refractivity contribution in [2.45, 2.75) is 26.7 Å². The molecule has 1 aliphatic rings. The van der Waals surface area contributed by atoms with Crippen molar-refractivity contribution >= 4 is 11.8 Å². The summed E-state index contributed by atoms with van der Waals surface area (Å²) in [5, 5.41) is 8.06. The molecule has 0 aliphatic carbocycles. The highest BCUT2D eigenvalue weighted by Gasteiger charge is 2.25. The number of aryl methyl sites for hydroxylation is 1. The summed E-state index contributed by atoms with van der Waals surface area (Å²) >= 11 is 0. The molecule has 0 radical (unpaired) electrons. The standard InChI is InChI=1S/C19H24N4O3/c1-14(2)19(25)23-12-10-22(11-13-23)17(24)9-8-16-20-21-18(26-16)15-6-4-3-5-7-15/h3-7,14H,8-13H2,1-2H3. The highest BCUT2D eigenvalue weighted by atomic mass is 16.4. The number of piperazine rings is 1. The maximum atomic E-state index is 12.4. The molecule has 1 aromatic carbocycles. The van der Waals surface area contributed by atoms with Crippen LogP contribution in [-0.4, -0.2) is 58.0 Å². The molecule has 0 unspecified atom stereocenters. The first-order valence-electron chi connectivity index (χ1n) is 8.99. The Morgan fingerprint density at radius 1 is 1.04 bits per heavy atom. The molecular formula is C19H24N4O3. The van der Waals surface area contributed by atoms with Gasteiger partial charge in [-0.25, -0.2) is 0 Å². The lowest BCUT2D eigenvalue weighted by Gasteiger charge is -2.35. The summed E-state index contributed by atoms with van der Waals surface area (Å²) in [6, 6.07) is 9.55. The van der Waals surface area contributed by atoms with E-state index >= 15 is 0 Å². The van der Waals surface area contributed by atoms with E-state index in [-0.39, 0.29) is 17.7 Å². The molecule has 7 nitrogen and oxygen atoms in total. The molecule has 2 aromatic rings. The zero-order valence-electron chi connectivity index (χ0n) is 15.2. The van der Waals surface area contributed by atoms with Gasteiger partial charge in [0.05, 0.1) is 0 Å². The molecule has 0 bridgehead atoms. The Morgan fingerprint density at radius 3 is 2.35 bits per heavy atom. The average Bonchev–Trinajstić information content (AvgIpc) is 3.15. The smallest absolute Gasteiger partial charge is 0.247 e.